The lowest BCUT2D eigenvalue weighted by Gasteiger charge is -2.38. The topological polar surface area (TPSA) is 51.7 Å². The molecule has 0 unspecified atom stereocenters. The Kier molecular flexibility index (Phi) is 4.74. The molecule has 2 rings (SSSR count). The van der Waals surface area contributed by atoms with Crippen LogP contribution in [0.1, 0.15) is 38.1 Å². The molecule has 2 heterocycles. The van der Waals surface area contributed by atoms with Gasteiger partial charge in [-0.05, 0) is 33.8 Å². The maximum absolute atomic E-state index is 12.5. The predicted octanol–water partition coefficient (Wildman–Crippen LogP) is 2.77. The number of pyridine rings is 1. The maximum Gasteiger partial charge on any atom is 0.255 e. The first-order chi connectivity index (χ1) is 9.78. The van der Waals surface area contributed by atoms with Gasteiger partial charge in [-0.25, -0.2) is 4.98 Å². The molecule has 0 aliphatic carbocycles. The summed E-state index contributed by atoms with van der Waals surface area (Å²) in [6, 6.07) is 1.61. The highest BCUT2D eigenvalue weighted by molar-refractivity contribution is 6.32. The van der Waals surface area contributed by atoms with Crippen LogP contribution in [-0.2, 0) is 4.74 Å². The zero-order valence-electron chi connectivity index (χ0n) is 12.9. The summed E-state index contributed by atoms with van der Waals surface area (Å²) in [6.07, 6.45) is 1.49. The minimum Gasteiger partial charge on any atom is -0.474 e. The Bertz CT molecular complexity index is 532. The van der Waals surface area contributed by atoms with Crippen LogP contribution in [0.15, 0.2) is 12.3 Å². The fourth-order valence-corrected chi connectivity index (χ4v) is 2.44. The van der Waals surface area contributed by atoms with Crippen molar-refractivity contribution in [1.82, 2.24) is 9.88 Å². The molecule has 0 bridgehead atoms. The van der Waals surface area contributed by atoms with E-state index in [0.717, 1.165) is 0 Å². The van der Waals surface area contributed by atoms with E-state index in [9.17, 15) is 4.79 Å². The molecule has 0 radical (unpaired) electrons. The highest BCUT2D eigenvalue weighted by Gasteiger charge is 2.30. The molecule has 21 heavy (non-hydrogen) atoms. The van der Waals surface area contributed by atoms with E-state index < -0.39 is 0 Å². The Labute approximate surface area is 130 Å². The van der Waals surface area contributed by atoms with Gasteiger partial charge in [-0.2, -0.15) is 0 Å². The molecule has 1 aromatic heterocycles. The second-order valence-corrected chi connectivity index (χ2v) is 6.42. The standard InChI is InChI=1S/C15H21ClN2O3/c1-10(2)21-13-12(16)7-11(8-17-13)14(19)18-5-6-20-15(3,4)9-18/h7-8,10H,5-6,9H2,1-4H3. The summed E-state index contributed by atoms with van der Waals surface area (Å²) >= 11 is 6.13. The van der Waals surface area contributed by atoms with Gasteiger partial charge in [0, 0.05) is 19.3 Å². The zero-order chi connectivity index (χ0) is 15.6. The van der Waals surface area contributed by atoms with Crippen LogP contribution in [0.2, 0.25) is 5.02 Å². The van der Waals surface area contributed by atoms with Crippen LogP contribution < -0.4 is 4.74 Å². The highest BCUT2D eigenvalue weighted by Crippen LogP contribution is 2.25. The van der Waals surface area contributed by atoms with Crippen molar-refractivity contribution >= 4 is 17.5 Å². The van der Waals surface area contributed by atoms with E-state index in [1.807, 2.05) is 27.7 Å². The Morgan fingerprint density at radius 1 is 1.52 bits per heavy atom. The molecule has 0 aromatic carbocycles. The molecular weight excluding hydrogens is 292 g/mol. The number of hydrogen-bond donors (Lipinski definition) is 0. The van der Waals surface area contributed by atoms with Gasteiger partial charge >= 0.3 is 0 Å². The van der Waals surface area contributed by atoms with Crippen molar-refractivity contribution in [2.45, 2.75) is 39.4 Å². The average molecular weight is 313 g/mol. The lowest BCUT2D eigenvalue weighted by Crippen LogP contribution is -2.50. The molecular formula is C15H21ClN2O3. The molecule has 0 atom stereocenters. The quantitative estimate of drug-likeness (QED) is 0.861. The first kappa shape index (κ1) is 16.0. The molecule has 1 amide bonds. The first-order valence-corrected chi connectivity index (χ1v) is 7.42. The minimum atomic E-state index is -0.328. The Balaban J connectivity index is 2.14. The van der Waals surface area contributed by atoms with Crippen LogP contribution in [0.5, 0.6) is 5.88 Å². The fraction of sp³-hybridized carbons (Fsp3) is 0.600. The molecule has 0 N–H and O–H groups in total. The van der Waals surface area contributed by atoms with Crippen molar-refractivity contribution in [2.75, 3.05) is 19.7 Å². The number of carbonyl (C=O) groups excluding carboxylic acids is 1. The molecule has 0 saturated carbocycles. The van der Waals surface area contributed by atoms with E-state index in [2.05, 4.69) is 4.98 Å². The number of hydrogen-bond acceptors (Lipinski definition) is 4. The third-order valence-electron chi connectivity index (χ3n) is 3.11. The average Bonchev–Trinajstić information content (AvgIpc) is 2.38. The highest BCUT2D eigenvalue weighted by atomic mass is 35.5. The molecule has 1 aliphatic heterocycles. The van der Waals surface area contributed by atoms with Crippen molar-refractivity contribution in [3.8, 4) is 5.88 Å². The first-order valence-electron chi connectivity index (χ1n) is 7.04. The Morgan fingerprint density at radius 3 is 2.81 bits per heavy atom. The summed E-state index contributed by atoms with van der Waals surface area (Å²) in [5, 5.41) is 0.349. The van der Waals surface area contributed by atoms with Gasteiger partial charge in [0.1, 0.15) is 5.02 Å². The summed E-state index contributed by atoms with van der Waals surface area (Å²) in [5.74, 6) is 0.266. The second-order valence-electron chi connectivity index (χ2n) is 6.01. The monoisotopic (exact) mass is 312 g/mol. The second kappa shape index (κ2) is 6.20. The van der Waals surface area contributed by atoms with E-state index in [1.165, 1.54) is 6.20 Å². The third kappa shape index (κ3) is 4.08. The smallest absolute Gasteiger partial charge is 0.255 e. The molecule has 5 nitrogen and oxygen atoms in total. The number of morpholine rings is 1. The molecule has 1 fully saturated rings. The lowest BCUT2D eigenvalue weighted by atomic mass is 10.1. The number of amides is 1. The molecule has 6 heteroatoms. The summed E-state index contributed by atoms with van der Waals surface area (Å²) in [4.78, 5) is 18.4. The summed E-state index contributed by atoms with van der Waals surface area (Å²) < 4.78 is 11.1. The molecule has 1 aliphatic rings. The van der Waals surface area contributed by atoms with Crippen molar-refractivity contribution in [2.24, 2.45) is 0 Å². The van der Waals surface area contributed by atoms with E-state index >= 15 is 0 Å². The van der Waals surface area contributed by atoms with Gasteiger partial charge in [0.2, 0.25) is 5.88 Å². The van der Waals surface area contributed by atoms with Gasteiger partial charge in [-0.3, -0.25) is 4.79 Å². The molecule has 116 valence electrons. The van der Waals surface area contributed by atoms with Crippen LogP contribution >= 0.6 is 11.6 Å². The largest absolute Gasteiger partial charge is 0.474 e. The number of rotatable bonds is 3. The Hall–Kier alpha value is -1.33. The van der Waals surface area contributed by atoms with Gasteiger partial charge in [0.25, 0.3) is 5.91 Å². The minimum absolute atomic E-state index is 0.0170. The summed E-state index contributed by atoms with van der Waals surface area (Å²) in [7, 11) is 0. The van der Waals surface area contributed by atoms with Gasteiger partial charge in [-0.15, -0.1) is 0 Å². The normalized spacial score (nSPS) is 17.9. The Morgan fingerprint density at radius 2 is 2.24 bits per heavy atom. The van der Waals surface area contributed by atoms with Crippen molar-refractivity contribution in [1.29, 1.82) is 0 Å². The van der Waals surface area contributed by atoms with E-state index in [-0.39, 0.29) is 17.6 Å². The number of nitrogens with zero attached hydrogens (tertiary/aromatic N) is 2. The van der Waals surface area contributed by atoms with Crippen LogP contribution in [0, 0.1) is 0 Å². The molecule has 1 saturated heterocycles. The number of aromatic nitrogens is 1. The van der Waals surface area contributed by atoms with Crippen molar-refractivity contribution < 1.29 is 14.3 Å². The summed E-state index contributed by atoms with van der Waals surface area (Å²) in [6.45, 7) is 9.39. The summed E-state index contributed by atoms with van der Waals surface area (Å²) in [5.41, 5.74) is 0.139. The van der Waals surface area contributed by atoms with Gasteiger partial charge in [-0.1, -0.05) is 11.6 Å². The SMILES string of the molecule is CC(C)Oc1ncc(C(=O)N2CCOC(C)(C)C2)cc1Cl. The van der Waals surface area contributed by atoms with Crippen molar-refractivity contribution in [3.63, 3.8) is 0 Å². The number of ether oxygens (including phenoxy) is 2. The van der Waals surface area contributed by atoms with Crippen LogP contribution in [-0.4, -0.2) is 47.2 Å². The molecule has 0 spiro atoms. The lowest BCUT2D eigenvalue weighted by molar-refractivity contribution is -0.0764. The fourth-order valence-electron chi connectivity index (χ4n) is 2.22. The number of carbonyl (C=O) groups is 1. The van der Waals surface area contributed by atoms with Gasteiger partial charge in [0.15, 0.2) is 0 Å². The zero-order valence-corrected chi connectivity index (χ0v) is 13.6. The van der Waals surface area contributed by atoms with E-state index in [4.69, 9.17) is 21.1 Å². The molecule has 1 aromatic rings. The van der Waals surface area contributed by atoms with Crippen LogP contribution in [0.3, 0.4) is 0 Å². The van der Waals surface area contributed by atoms with Crippen LogP contribution in [0.4, 0.5) is 0 Å². The van der Waals surface area contributed by atoms with E-state index in [1.54, 1.807) is 11.0 Å². The van der Waals surface area contributed by atoms with Gasteiger partial charge in [0.05, 0.1) is 23.9 Å². The van der Waals surface area contributed by atoms with E-state index in [0.29, 0.717) is 36.2 Å². The van der Waals surface area contributed by atoms with Gasteiger partial charge < -0.3 is 14.4 Å². The maximum atomic E-state index is 12.5. The predicted molar refractivity (Wildman–Crippen MR) is 80.9 cm³/mol. The van der Waals surface area contributed by atoms with Crippen molar-refractivity contribution in [3.05, 3.63) is 22.8 Å². The van der Waals surface area contributed by atoms with Crippen LogP contribution in [0.25, 0.3) is 0 Å². The third-order valence-corrected chi connectivity index (χ3v) is 3.39. The number of halogens is 1.